The van der Waals surface area contributed by atoms with Crippen LogP contribution in [0, 0.1) is 0 Å². The van der Waals surface area contributed by atoms with Crippen LogP contribution in [0.2, 0.25) is 0 Å². The van der Waals surface area contributed by atoms with Crippen molar-refractivity contribution in [1.29, 1.82) is 0 Å². The molecule has 0 atom stereocenters. The van der Waals surface area contributed by atoms with E-state index >= 15 is 0 Å². The summed E-state index contributed by atoms with van der Waals surface area (Å²) in [6.45, 7) is 1.80. The van der Waals surface area contributed by atoms with Crippen molar-refractivity contribution < 1.29 is 19.1 Å². The Morgan fingerprint density at radius 1 is 1.15 bits per heavy atom. The number of rotatable bonds is 6. The van der Waals surface area contributed by atoms with E-state index in [9.17, 15) is 14.4 Å². The van der Waals surface area contributed by atoms with Gasteiger partial charge in [0.25, 0.3) is 11.7 Å². The predicted octanol–water partition coefficient (Wildman–Crippen LogP) is 3.08. The van der Waals surface area contributed by atoms with Crippen molar-refractivity contribution in [3.8, 4) is 0 Å². The SMILES string of the molecule is CCOC(=O)CN(C(=O)C(=O)c1c[nH]c2ccccc12)C1CCCCC1. The van der Waals surface area contributed by atoms with Crippen LogP contribution in [0.4, 0.5) is 0 Å². The van der Waals surface area contributed by atoms with Gasteiger partial charge in [0.15, 0.2) is 0 Å². The highest BCUT2D eigenvalue weighted by atomic mass is 16.5. The maximum Gasteiger partial charge on any atom is 0.325 e. The molecule has 26 heavy (non-hydrogen) atoms. The van der Waals surface area contributed by atoms with Crippen LogP contribution in [0.3, 0.4) is 0 Å². The number of hydrogen-bond acceptors (Lipinski definition) is 4. The minimum Gasteiger partial charge on any atom is -0.465 e. The summed E-state index contributed by atoms with van der Waals surface area (Å²) in [4.78, 5) is 42.3. The molecule has 0 aliphatic heterocycles. The number of Topliss-reactive ketones (excluding diaryl/α,β-unsaturated/α-hetero) is 1. The Kier molecular flexibility index (Phi) is 5.71. The quantitative estimate of drug-likeness (QED) is 0.490. The zero-order valence-electron chi connectivity index (χ0n) is 15.0. The van der Waals surface area contributed by atoms with Crippen LogP contribution in [-0.4, -0.2) is 46.7 Å². The van der Waals surface area contributed by atoms with Gasteiger partial charge in [-0.15, -0.1) is 0 Å². The van der Waals surface area contributed by atoms with E-state index in [1.165, 1.54) is 4.90 Å². The third-order valence-electron chi connectivity index (χ3n) is 4.91. The standard InChI is InChI=1S/C20H24N2O4/c1-2-26-18(23)13-22(14-8-4-3-5-9-14)20(25)19(24)16-12-21-17-11-7-6-10-15(16)17/h6-7,10-12,14,21H,2-5,8-9,13H2,1H3. The van der Waals surface area contributed by atoms with Gasteiger partial charge in [0.05, 0.1) is 12.2 Å². The molecule has 3 rings (SSSR count). The van der Waals surface area contributed by atoms with Gasteiger partial charge in [-0.2, -0.15) is 0 Å². The number of H-pyrrole nitrogens is 1. The van der Waals surface area contributed by atoms with E-state index < -0.39 is 17.7 Å². The first-order valence-electron chi connectivity index (χ1n) is 9.19. The van der Waals surface area contributed by atoms with E-state index in [-0.39, 0.29) is 19.2 Å². The minimum absolute atomic E-state index is 0.0881. The number of amides is 1. The van der Waals surface area contributed by atoms with Crippen LogP contribution in [0.5, 0.6) is 0 Å². The number of esters is 1. The van der Waals surface area contributed by atoms with Gasteiger partial charge in [0.2, 0.25) is 0 Å². The van der Waals surface area contributed by atoms with Gasteiger partial charge < -0.3 is 14.6 Å². The average Bonchev–Trinajstić information content (AvgIpc) is 3.10. The average molecular weight is 356 g/mol. The predicted molar refractivity (Wildman–Crippen MR) is 97.8 cm³/mol. The molecule has 1 N–H and O–H groups in total. The Bertz CT molecular complexity index is 805. The molecule has 1 aliphatic carbocycles. The molecule has 0 bridgehead atoms. The number of benzene rings is 1. The van der Waals surface area contributed by atoms with Crippen molar-refractivity contribution in [2.45, 2.75) is 45.1 Å². The zero-order chi connectivity index (χ0) is 18.5. The number of fused-ring (bicyclic) bond motifs is 1. The summed E-state index contributed by atoms with van der Waals surface area (Å²) in [7, 11) is 0. The summed E-state index contributed by atoms with van der Waals surface area (Å²) < 4.78 is 5.00. The van der Waals surface area contributed by atoms with Gasteiger partial charge in [-0.3, -0.25) is 14.4 Å². The van der Waals surface area contributed by atoms with Gasteiger partial charge in [-0.25, -0.2) is 0 Å². The van der Waals surface area contributed by atoms with Crippen LogP contribution < -0.4 is 0 Å². The number of carbonyl (C=O) groups is 3. The maximum atomic E-state index is 13.0. The number of nitrogens with one attached hydrogen (secondary N) is 1. The molecule has 0 saturated heterocycles. The van der Waals surface area contributed by atoms with Crippen LogP contribution in [0.1, 0.15) is 49.4 Å². The first-order valence-corrected chi connectivity index (χ1v) is 9.19. The number of hydrogen-bond donors (Lipinski definition) is 1. The number of carbonyl (C=O) groups excluding carboxylic acids is 3. The summed E-state index contributed by atoms with van der Waals surface area (Å²) in [5, 5.41) is 0.713. The van der Waals surface area contributed by atoms with E-state index in [4.69, 9.17) is 4.74 Å². The molecule has 1 fully saturated rings. The van der Waals surface area contributed by atoms with Gasteiger partial charge in [-0.1, -0.05) is 37.5 Å². The monoisotopic (exact) mass is 356 g/mol. The van der Waals surface area contributed by atoms with Crippen LogP contribution in [0.25, 0.3) is 10.9 Å². The Morgan fingerprint density at radius 2 is 1.88 bits per heavy atom. The lowest BCUT2D eigenvalue weighted by molar-refractivity contribution is -0.149. The van der Waals surface area contributed by atoms with Crippen molar-refractivity contribution in [2.75, 3.05) is 13.2 Å². The second kappa shape index (κ2) is 8.17. The van der Waals surface area contributed by atoms with Gasteiger partial charge >= 0.3 is 5.97 Å². The van der Waals surface area contributed by atoms with Crippen molar-refractivity contribution >= 4 is 28.6 Å². The molecule has 138 valence electrons. The van der Waals surface area contributed by atoms with E-state index in [0.717, 1.165) is 37.6 Å². The topological polar surface area (TPSA) is 79.5 Å². The molecule has 0 radical (unpaired) electrons. The molecule has 0 unspecified atom stereocenters. The van der Waals surface area contributed by atoms with Crippen LogP contribution >= 0.6 is 0 Å². The number of ketones is 1. The third-order valence-corrected chi connectivity index (χ3v) is 4.91. The summed E-state index contributed by atoms with van der Waals surface area (Å²) >= 11 is 0. The Morgan fingerprint density at radius 3 is 2.62 bits per heavy atom. The normalized spacial score (nSPS) is 15.0. The Balaban J connectivity index is 1.85. The highest BCUT2D eigenvalue weighted by Crippen LogP contribution is 2.25. The first kappa shape index (κ1) is 18.2. The first-order chi connectivity index (χ1) is 12.6. The number of ether oxygens (including phenoxy) is 1. The lowest BCUT2D eigenvalue weighted by Crippen LogP contribution is -2.47. The Hall–Kier alpha value is -2.63. The highest BCUT2D eigenvalue weighted by Gasteiger charge is 2.33. The molecule has 1 saturated carbocycles. The maximum absolute atomic E-state index is 13.0. The fraction of sp³-hybridized carbons (Fsp3) is 0.450. The summed E-state index contributed by atoms with van der Waals surface area (Å²) in [6, 6.07) is 7.27. The van der Waals surface area contributed by atoms with Crippen LogP contribution in [0.15, 0.2) is 30.5 Å². The van der Waals surface area contributed by atoms with E-state index in [2.05, 4.69) is 4.98 Å². The largest absolute Gasteiger partial charge is 0.465 e. The number of nitrogens with zero attached hydrogens (tertiary/aromatic N) is 1. The molecule has 6 nitrogen and oxygen atoms in total. The third kappa shape index (κ3) is 3.79. The lowest BCUT2D eigenvalue weighted by Gasteiger charge is -2.33. The van der Waals surface area contributed by atoms with Gasteiger partial charge in [0, 0.05) is 23.1 Å². The molecular weight excluding hydrogens is 332 g/mol. The summed E-state index contributed by atoms with van der Waals surface area (Å²) in [5.74, 6) is -1.69. The second-order valence-electron chi connectivity index (χ2n) is 6.61. The number of para-hydroxylation sites is 1. The fourth-order valence-corrected chi connectivity index (χ4v) is 3.61. The Labute approximate surface area is 152 Å². The molecule has 1 aromatic heterocycles. The van der Waals surface area contributed by atoms with Crippen molar-refractivity contribution in [3.63, 3.8) is 0 Å². The lowest BCUT2D eigenvalue weighted by atomic mass is 9.93. The highest BCUT2D eigenvalue weighted by molar-refractivity contribution is 6.45. The van der Waals surface area contributed by atoms with Crippen molar-refractivity contribution in [2.24, 2.45) is 0 Å². The number of aromatic nitrogens is 1. The molecule has 1 heterocycles. The molecule has 1 aliphatic rings. The molecule has 1 aromatic carbocycles. The van der Waals surface area contributed by atoms with E-state index in [1.54, 1.807) is 13.1 Å². The minimum atomic E-state index is -0.630. The summed E-state index contributed by atoms with van der Waals surface area (Å²) in [5.41, 5.74) is 1.15. The zero-order valence-corrected chi connectivity index (χ0v) is 15.0. The van der Waals surface area contributed by atoms with E-state index in [1.807, 2.05) is 24.3 Å². The van der Waals surface area contributed by atoms with Crippen molar-refractivity contribution in [3.05, 3.63) is 36.0 Å². The number of aromatic amines is 1. The van der Waals surface area contributed by atoms with Gasteiger partial charge in [-0.05, 0) is 25.8 Å². The van der Waals surface area contributed by atoms with Gasteiger partial charge in [0.1, 0.15) is 6.54 Å². The van der Waals surface area contributed by atoms with Crippen molar-refractivity contribution in [1.82, 2.24) is 9.88 Å². The molecule has 0 spiro atoms. The molecular formula is C20H24N2O4. The molecule has 2 aromatic rings. The fourth-order valence-electron chi connectivity index (χ4n) is 3.61. The smallest absolute Gasteiger partial charge is 0.325 e. The van der Waals surface area contributed by atoms with Crippen LogP contribution in [-0.2, 0) is 14.3 Å². The molecule has 6 heteroatoms. The summed E-state index contributed by atoms with van der Waals surface area (Å²) in [6.07, 6.45) is 6.30. The molecule has 1 amide bonds. The van der Waals surface area contributed by atoms with E-state index in [0.29, 0.717) is 10.9 Å². The second-order valence-corrected chi connectivity index (χ2v) is 6.61.